The van der Waals surface area contributed by atoms with Gasteiger partial charge in [-0.1, -0.05) is 32.0 Å². The van der Waals surface area contributed by atoms with E-state index in [1.54, 1.807) is 31.4 Å². The largest absolute Gasteiger partial charge is 0.497 e. The standard InChI is InChI=1S/C15H16F2O/c1-10(2)15(16,17)13-6-4-12-9-14(18-3)7-5-11(12)8-13/h4-10H,1-3H3. The molecule has 0 unspecified atom stereocenters. The zero-order valence-electron chi connectivity index (χ0n) is 10.7. The highest BCUT2D eigenvalue weighted by Gasteiger charge is 2.35. The molecule has 1 nitrogen and oxygen atoms in total. The monoisotopic (exact) mass is 250 g/mol. The van der Waals surface area contributed by atoms with Crippen molar-refractivity contribution >= 4 is 10.8 Å². The van der Waals surface area contributed by atoms with Crippen LogP contribution in [0.4, 0.5) is 8.78 Å². The summed E-state index contributed by atoms with van der Waals surface area (Å²) in [5.41, 5.74) is 0.0650. The van der Waals surface area contributed by atoms with Crippen molar-refractivity contribution in [3.63, 3.8) is 0 Å². The van der Waals surface area contributed by atoms with Crippen LogP contribution >= 0.6 is 0 Å². The fraction of sp³-hybridized carbons (Fsp3) is 0.333. The van der Waals surface area contributed by atoms with Gasteiger partial charge in [-0.3, -0.25) is 0 Å². The third kappa shape index (κ3) is 2.17. The molecule has 2 rings (SSSR count). The first-order valence-corrected chi connectivity index (χ1v) is 5.91. The minimum atomic E-state index is -2.80. The average molecular weight is 250 g/mol. The summed E-state index contributed by atoms with van der Waals surface area (Å²) in [4.78, 5) is 0. The molecule has 0 N–H and O–H groups in total. The van der Waals surface area contributed by atoms with E-state index in [2.05, 4.69) is 0 Å². The number of alkyl halides is 2. The van der Waals surface area contributed by atoms with Gasteiger partial charge in [-0.25, -0.2) is 8.78 Å². The number of halogens is 2. The molecule has 2 aromatic carbocycles. The third-order valence-corrected chi connectivity index (χ3v) is 3.16. The van der Waals surface area contributed by atoms with Crippen molar-refractivity contribution in [2.75, 3.05) is 7.11 Å². The first-order valence-electron chi connectivity index (χ1n) is 5.91. The first-order chi connectivity index (χ1) is 8.45. The zero-order chi connectivity index (χ0) is 13.3. The maximum Gasteiger partial charge on any atom is 0.275 e. The van der Waals surface area contributed by atoms with Crippen LogP contribution in [0.5, 0.6) is 5.75 Å². The number of benzene rings is 2. The Morgan fingerprint density at radius 1 is 1.00 bits per heavy atom. The molecule has 96 valence electrons. The Morgan fingerprint density at radius 3 is 2.22 bits per heavy atom. The number of hydrogen-bond donors (Lipinski definition) is 0. The Labute approximate surface area is 105 Å². The molecule has 0 bridgehead atoms. The molecule has 18 heavy (non-hydrogen) atoms. The van der Waals surface area contributed by atoms with Crippen LogP contribution in [0.25, 0.3) is 10.8 Å². The lowest BCUT2D eigenvalue weighted by atomic mass is 9.95. The topological polar surface area (TPSA) is 9.23 Å². The summed E-state index contributed by atoms with van der Waals surface area (Å²) in [5.74, 6) is -2.78. The fourth-order valence-corrected chi connectivity index (χ4v) is 1.89. The molecule has 0 aliphatic carbocycles. The average Bonchev–Trinajstić information content (AvgIpc) is 2.37. The van der Waals surface area contributed by atoms with Crippen molar-refractivity contribution in [2.45, 2.75) is 19.8 Å². The van der Waals surface area contributed by atoms with Gasteiger partial charge < -0.3 is 4.74 Å². The van der Waals surface area contributed by atoms with Gasteiger partial charge in [0.2, 0.25) is 0 Å². The second-order valence-corrected chi connectivity index (χ2v) is 4.71. The third-order valence-electron chi connectivity index (χ3n) is 3.16. The van der Waals surface area contributed by atoms with Crippen LogP contribution in [-0.2, 0) is 5.92 Å². The number of rotatable bonds is 3. The molecule has 0 heterocycles. The molecule has 0 amide bonds. The highest BCUT2D eigenvalue weighted by Crippen LogP contribution is 2.37. The zero-order valence-corrected chi connectivity index (χ0v) is 10.7. The van der Waals surface area contributed by atoms with E-state index < -0.39 is 11.8 Å². The van der Waals surface area contributed by atoms with E-state index in [1.165, 1.54) is 19.9 Å². The predicted octanol–water partition coefficient (Wildman–Crippen LogP) is 4.60. The lowest BCUT2D eigenvalue weighted by Crippen LogP contribution is -2.20. The lowest BCUT2D eigenvalue weighted by molar-refractivity contribution is -0.0512. The molecule has 0 saturated heterocycles. The number of hydrogen-bond acceptors (Lipinski definition) is 1. The second-order valence-electron chi connectivity index (χ2n) is 4.71. The Balaban J connectivity index is 2.51. The van der Waals surface area contributed by atoms with Gasteiger partial charge in [-0.2, -0.15) is 0 Å². The van der Waals surface area contributed by atoms with E-state index >= 15 is 0 Å². The van der Waals surface area contributed by atoms with E-state index in [-0.39, 0.29) is 5.56 Å². The normalized spacial score (nSPS) is 12.1. The van der Waals surface area contributed by atoms with Crippen LogP contribution in [0.3, 0.4) is 0 Å². The maximum atomic E-state index is 13.9. The molecule has 0 saturated carbocycles. The summed E-state index contributed by atoms with van der Waals surface area (Å²) in [7, 11) is 1.59. The lowest BCUT2D eigenvalue weighted by Gasteiger charge is -2.21. The predicted molar refractivity (Wildman–Crippen MR) is 69.2 cm³/mol. The first kappa shape index (κ1) is 12.8. The van der Waals surface area contributed by atoms with Gasteiger partial charge in [-0.15, -0.1) is 0 Å². The van der Waals surface area contributed by atoms with Crippen molar-refractivity contribution in [1.29, 1.82) is 0 Å². The van der Waals surface area contributed by atoms with Crippen molar-refractivity contribution in [3.05, 3.63) is 42.0 Å². The summed E-state index contributed by atoms with van der Waals surface area (Å²) in [6, 6.07) is 10.2. The van der Waals surface area contributed by atoms with Gasteiger partial charge >= 0.3 is 0 Å². The van der Waals surface area contributed by atoms with Gasteiger partial charge in [0.25, 0.3) is 5.92 Å². The molecule has 0 radical (unpaired) electrons. The summed E-state index contributed by atoms with van der Waals surface area (Å²) >= 11 is 0. The maximum absolute atomic E-state index is 13.9. The van der Waals surface area contributed by atoms with E-state index in [4.69, 9.17) is 4.74 Å². The van der Waals surface area contributed by atoms with Crippen LogP contribution in [0, 0.1) is 5.92 Å². The number of methoxy groups -OCH3 is 1. The van der Waals surface area contributed by atoms with Crippen LogP contribution in [0.15, 0.2) is 36.4 Å². The molecule has 0 aliphatic rings. The van der Waals surface area contributed by atoms with Crippen LogP contribution < -0.4 is 4.74 Å². The second kappa shape index (κ2) is 4.56. The number of ether oxygens (including phenoxy) is 1. The van der Waals surface area contributed by atoms with Crippen LogP contribution in [0.2, 0.25) is 0 Å². The Morgan fingerprint density at radius 2 is 1.61 bits per heavy atom. The van der Waals surface area contributed by atoms with Crippen molar-refractivity contribution in [1.82, 2.24) is 0 Å². The van der Waals surface area contributed by atoms with Crippen molar-refractivity contribution in [2.24, 2.45) is 5.92 Å². The molecule has 2 aromatic rings. The molecular formula is C15H16F2O. The minimum absolute atomic E-state index is 0.0650. The Hall–Kier alpha value is -1.64. The van der Waals surface area contributed by atoms with Crippen LogP contribution in [0.1, 0.15) is 19.4 Å². The summed E-state index contributed by atoms with van der Waals surface area (Å²) in [5, 5.41) is 1.70. The van der Waals surface area contributed by atoms with Gasteiger partial charge in [0, 0.05) is 11.5 Å². The fourth-order valence-electron chi connectivity index (χ4n) is 1.89. The minimum Gasteiger partial charge on any atom is -0.497 e. The van der Waals surface area contributed by atoms with Gasteiger partial charge in [0.05, 0.1) is 7.11 Å². The van der Waals surface area contributed by atoms with Crippen molar-refractivity contribution in [3.8, 4) is 5.75 Å². The Bertz CT molecular complexity index is 561. The summed E-state index contributed by atoms with van der Waals surface area (Å²) < 4.78 is 33.0. The SMILES string of the molecule is COc1ccc2cc(C(F)(F)C(C)C)ccc2c1. The molecule has 0 fully saturated rings. The molecule has 0 aromatic heterocycles. The van der Waals surface area contributed by atoms with E-state index in [0.717, 1.165) is 16.5 Å². The number of fused-ring (bicyclic) bond motifs is 1. The molecule has 3 heteroatoms. The molecular weight excluding hydrogens is 234 g/mol. The van der Waals surface area contributed by atoms with Gasteiger partial charge in [0.1, 0.15) is 5.75 Å². The van der Waals surface area contributed by atoms with Gasteiger partial charge in [0.15, 0.2) is 0 Å². The van der Waals surface area contributed by atoms with E-state index in [0.29, 0.717) is 0 Å². The highest BCUT2D eigenvalue weighted by atomic mass is 19.3. The van der Waals surface area contributed by atoms with Crippen LogP contribution in [-0.4, -0.2) is 7.11 Å². The molecule has 0 atom stereocenters. The molecule has 0 spiro atoms. The summed E-state index contributed by atoms with van der Waals surface area (Å²) in [6.07, 6.45) is 0. The highest BCUT2D eigenvalue weighted by molar-refractivity contribution is 5.84. The summed E-state index contributed by atoms with van der Waals surface area (Å²) in [6.45, 7) is 3.05. The molecule has 0 aliphatic heterocycles. The quantitative estimate of drug-likeness (QED) is 0.773. The Kier molecular flexibility index (Phi) is 3.24. The van der Waals surface area contributed by atoms with Crippen molar-refractivity contribution < 1.29 is 13.5 Å². The van der Waals surface area contributed by atoms with E-state index in [9.17, 15) is 8.78 Å². The van der Waals surface area contributed by atoms with Gasteiger partial charge in [-0.05, 0) is 29.0 Å². The smallest absolute Gasteiger partial charge is 0.275 e. The van der Waals surface area contributed by atoms with E-state index in [1.807, 2.05) is 6.07 Å².